The summed E-state index contributed by atoms with van der Waals surface area (Å²) in [6.45, 7) is 20.6. The summed E-state index contributed by atoms with van der Waals surface area (Å²) in [5, 5.41) is 8.95. The fraction of sp³-hybridized carbons (Fsp3) is 0.581. The lowest BCUT2D eigenvalue weighted by molar-refractivity contribution is 0.147. The second-order valence-electron chi connectivity index (χ2n) is 10.5. The maximum Gasteiger partial charge on any atom is 0.163 e. The summed E-state index contributed by atoms with van der Waals surface area (Å²) in [5.41, 5.74) is 4.52. The van der Waals surface area contributed by atoms with Gasteiger partial charge in [0, 0.05) is 5.56 Å². The molecule has 0 unspecified atom stereocenters. The van der Waals surface area contributed by atoms with Crippen LogP contribution in [0.1, 0.15) is 103 Å². The summed E-state index contributed by atoms with van der Waals surface area (Å²) in [7, 11) is 0.500. The van der Waals surface area contributed by atoms with Gasteiger partial charge in [0.05, 0.1) is 25.9 Å². The zero-order chi connectivity index (χ0) is 28.0. The molecule has 1 saturated carbocycles. The summed E-state index contributed by atoms with van der Waals surface area (Å²) >= 11 is 0. The molecule has 0 aromatic heterocycles. The van der Waals surface area contributed by atoms with E-state index in [2.05, 4.69) is 63.8 Å². The highest BCUT2D eigenvalue weighted by atomic mass is 19.1. The Balaban J connectivity index is 0.00000115. The molecule has 206 valence electrons. The lowest BCUT2D eigenvalue weighted by atomic mass is 9.84. The van der Waals surface area contributed by atoms with Crippen LogP contribution in [-0.4, -0.2) is 37.9 Å². The number of alkyl halides is 1. The van der Waals surface area contributed by atoms with Gasteiger partial charge in [0.25, 0.3) is 0 Å². The second-order valence-corrected chi connectivity index (χ2v) is 10.5. The lowest BCUT2D eigenvalue weighted by Gasteiger charge is -2.28. The minimum absolute atomic E-state index is 0.0443. The first kappa shape index (κ1) is 30.5. The van der Waals surface area contributed by atoms with Crippen molar-refractivity contribution in [2.45, 2.75) is 92.0 Å². The van der Waals surface area contributed by atoms with E-state index >= 15 is 0 Å². The summed E-state index contributed by atoms with van der Waals surface area (Å²) in [4.78, 5) is 2.11. The Morgan fingerprint density at radius 3 is 1.97 bits per heavy atom. The number of nitrogens with zero attached hydrogens (tertiary/aromatic N) is 1. The zero-order valence-electron chi connectivity index (χ0n) is 24.5. The third-order valence-electron chi connectivity index (χ3n) is 6.77. The number of fused-ring (bicyclic) bond motifs is 2. The maximum absolute atomic E-state index is 9.50. The summed E-state index contributed by atoms with van der Waals surface area (Å²) in [6.07, 6.45) is 2.04. The second kappa shape index (κ2) is 12.7. The summed E-state index contributed by atoms with van der Waals surface area (Å²) < 4.78 is 27.6. The highest BCUT2D eigenvalue weighted by molar-refractivity contribution is 6.03. The van der Waals surface area contributed by atoms with Gasteiger partial charge in [0.2, 0.25) is 0 Å². The molecule has 0 amide bonds. The first-order chi connectivity index (χ1) is 17.6. The van der Waals surface area contributed by atoms with Crippen LogP contribution in [0.2, 0.25) is 0 Å². The average Bonchev–Trinajstić information content (AvgIpc) is 3.64. The van der Waals surface area contributed by atoms with E-state index in [0.717, 1.165) is 35.5 Å². The molecule has 2 aromatic carbocycles. The van der Waals surface area contributed by atoms with E-state index in [1.807, 2.05) is 33.8 Å². The number of benzene rings is 2. The predicted octanol–water partition coefficient (Wildman–Crippen LogP) is 8.18. The minimum atomic E-state index is -0.161. The smallest absolute Gasteiger partial charge is 0.163 e. The van der Waals surface area contributed by atoms with Crippen LogP contribution in [0.5, 0.6) is 17.2 Å². The Morgan fingerprint density at radius 2 is 1.49 bits per heavy atom. The van der Waals surface area contributed by atoms with Gasteiger partial charge in [-0.1, -0.05) is 54.5 Å². The number of hydrogen-bond donors (Lipinski definition) is 1. The fourth-order valence-electron chi connectivity index (χ4n) is 4.64. The van der Waals surface area contributed by atoms with Crippen molar-refractivity contribution in [2.75, 3.05) is 27.1 Å². The van der Waals surface area contributed by atoms with Crippen molar-refractivity contribution in [3.8, 4) is 17.2 Å². The molecule has 5 nitrogen and oxygen atoms in total. The Bertz CT molecular complexity index is 1060. The Morgan fingerprint density at radius 1 is 0.919 bits per heavy atom. The van der Waals surface area contributed by atoms with Crippen LogP contribution in [0, 0.1) is 5.41 Å². The third-order valence-corrected chi connectivity index (χ3v) is 6.77. The molecule has 0 radical (unpaired) electrons. The minimum Gasteiger partial charge on any atom is -0.490 e. The summed E-state index contributed by atoms with van der Waals surface area (Å²) in [6, 6.07) is 10.6. The molecule has 1 spiro atoms. The SMILES string of the molecule is CC.CCOc1cc2c(cc1OCC)C1(CC1)N(COc1cc(C(C)C)cc(C(C)(C)C)c1)C2=N.CF. The van der Waals surface area contributed by atoms with E-state index in [1.54, 1.807) is 0 Å². The van der Waals surface area contributed by atoms with E-state index in [9.17, 15) is 4.39 Å². The van der Waals surface area contributed by atoms with Crippen LogP contribution >= 0.6 is 0 Å². The molecule has 1 aliphatic heterocycles. The van der Waals surface area contributed by atoms with Crippen LogP contribution in [0.15, 0.2) is 30.3 Å². The van der Waals surface area contributed by atoms with Gasteiger partial charge in [0.1, 0.15) is 11.6 Å². The van der Waals surface area contributed by atoms with Gasteiger partial charge in [0.15, 0.2) is 18.2 Å². The number of nitrogens with one attached hydrogen (secondary N) is 1. The molecule has 2 aromatic rings. The molecule has 2 aliphatic rings. The number of rotatable bonds is 8. The number of ether oxygens (including phenoxy) is 3. The monoisotopic (exact) mass is 514 g/mol. The van der Waals surface area contributed by atoms with Crippen molar-refractivity contribution in [1.82, 2.24) is 4.90 Å². The molecule has 1 N–H and O–H groups in total. The van der Waals surface area contributed by atoms with E-state index in [0.29, 0.717) is 44.6 Å². The molecule has 0 bridgehead atoms. The van der Waals surface area contributed by atoms with Crippen molar-refractivity contribution in [3.05, 3.63) is 52.6 Å². The number of halogens is 1. The van der Waals surface area contributed by atoms with E-state index in [4.69, 9.17) is 19.6 Å². The number of amidine groups is 1. The van der Waals surface area contributed by atoms with Crippen LogP contribution in [0.4, 0.5) is 4.39 Å². The van der Waals surface area contributed by atoms with Crippen molar-refractivity contribution in [2.24, 2.45) is 0 Å². The average molecular weight is 515 g/mol. The molecule has 1 fully saturated rings. The standard InChI is InChI=1S/C28H38N2O3.C2H6.CH3F/c1-8-31-24-15-22-23(16-25(24)32-9-2)28(10-11-28)30(26(22)29)17-33-21-13-19(18(3)4)12-20(14-21)27(5,6)7;2*1-2/h12-16,18,29H,8-11,17H2,1-7H3;1-2H3;1H3. The molecule has 1 heterocycles. The molecule has 4 rings (SSSR count). The fourth-order valence-corrected chi connectivity index (χ4v) is 4.64. The third kappa shape index (κ3) is 6.39. The van der Waals surface area contributed by atoms with Crippen molar-refractivity contribution in [1.29, 1.82) is 5.41 Å². The summed E-state index contributed by atoms with van der Waals surface area (Å²) in [5.74, 6) is 3.27. The molecular weight excluding hydrogens is 467 g/mol. The zero-order valence-corrected chi connectivity index (χ0v) is 24.5. The van der Waals surface area contributed by atoms with Crippen molar-refractivity contribution in [3.63, 3.8) is 0 Å². The van der Waals surface area contributed by atoms with E-state index in [1.165, 1.54) is 11.1 Å². The van der Waals surface area contributed by atoms with Gasteiger partial charge in [-0.15, -0.1) is 0 Å². The highest BCUT2D eigenvalue weighted by Crippen LogP contribution is 2.58. The number of hydrogen-bond acceptors (Lipinski definition) is 4. The van der Waals surface area contributed by atoms with Crippen molar-refractivity contribution < 1.29 is 18.6 Å². The lowest BCUT2D eigenvalue weighted by Crippen LogP contribution is -2.36. The normalized spacial score (nSPS) is 14.9. The van der Waals surface area contributed by atoms with Crippen LogP contribution in [0.3, 0.4) is 0 Å². The first-order valence-electron chi connectivity index (χ1n) is 13.6. The Hall–Kier alpha value is -2.76. The molecule has 37 heavy (non-hydrogen) atoms. The molecular formula is C31H47FN2O3. The van der Waals surface area contributed by atoms with Gasteiger partial charge in [-0.2, -0.15) is 0 Å². The molecule has 1 aliphatic carbocycles. The van der Waals surface area contributed by atoms with Crippen LogP contribution in [-0.2, 0) is 11.0 Å². The van der Waals surface area contributed by atoms with Gasteiger partial charge in [-0.25, -0.2) is 0 Å². The molecule has 0 atom stereocenters. The van der Waals surface area contributed by atoms with E-state index in [-0.39, 0.29) is 11.0 Å². The van der Waals surface area contributed by atoms with Crippen LogP contribution in [0.25, 0.3) is 0 Å². The molecule has 0 saturated heterocycles. The van der Waals surface area contributed by atoms with Gasteiger partial charge in [-0.05, 0) is 79.0 Å². The van der Waals surface area contributed by atoms with Gasteiger partial charge >= 0.3 is 0 Å². The quantitative estimate of drug-likeness (QED) is 0.386. The van der Waals surface area contributed by atoms with Crippen LogP contribution < -0.4 is 14.2 Å². The van der Waals surface area contributed by atoms with E-state index < -0.39 is 0 Å². The highest BCUT2D eigenvalue weighted by Gasteiger charge is 2.57. The van der Waals surface area contributed by atoms with Gasteiger partial charge in [-0.3, -0.25) is 9.80 Å². The largest absolute Gasteiger partial charge is 0.490 e. The molecule has 6 heteroatoms. The Kier molecular flexibility index (Phi) is 10.4. The van der Waals surface area contributed by atoms with Gasteiger partial charge < -0.3 is 19.1 Å². The van der Waals surface area contributed by atoms with Crippen molar-refractivity contribution >= 4 is 5.84 Å². The maximum atomic E-state index is 9.50. The topological polar surface area (TPSA) is 54.8 Å². The predicted molar refractivity (Wildman–Crippen MR) is 151 cm³/mol. The Labute approximate surface area is 223 Å². The first-order valence-corrected chi connectivity index (χ1v) is 13.6.